The van der Waals surface area contributed by atoms with Gasteiger partial charge in [0.2, 0.25) is 5.91 Å². The molecule has 7 heteroatoms. The Morgan fingerprint density at radius 3 is 2.52 bits per heavy atom. The number of benzene rings is 2. The molecule has 0 aliphatic carbocycles. The summed E-state index contributed by atoms with van der Waals surface area (Å²) in [5.74, 6) is -1.10. The van der Waals surface area contributed by atoms with Crippen LogP contribution in [0.15, 0.2) is 48.5 Å². The average Bonchev–Trinajstić information content (AvgIpc) is 2.63. The molecule has 1 atom stereocenters. The minimum atomic E-state index is -4.52. The van der Waals surface area contributed by atoms with Gasteiger partial charge in [0.05, 0.1) is 17.2 Å². The number of amides is 1. The van der Waals surface area contributed by atoms with E-state index in [0.29, 0.717) is 19.5 Å². The van der Waals surface area contributed by atoms with E-state index in [-0.39, 0.29) is 17.4 Å². The Kier molecular flexibility index (Phi) is 5.79. The SMILES string of the molecule is O=C(Nc1ccccc1C(F)(F)F)[C@@H]1CCCN(Cc2ccc(F)cc2)C1. The van der Waals surface area contributed by atoms with E-state index in [1.165, 1.54) is 30.3 Å². The number of likely N-dealkylation sites (tertiary alicyclic amines) is 1. The number of nitrogens with one attached hydrogen (secondary N) is 1. The van der Waals surface area contributed by atoms with Crippen LogP contribution in [0.5, 0.6) is 0 Å². The lowest BCUT2D eigenvalue weighted by atomic mass is 9.96. The largest absolute Gasteiger partial charge is 0.418 e. The van der Waals surface area contributed by atoms with Gasteiger partial charge in [0.15, 0.2) is 0 Å². The van der Waals surface area contributed by atoms with Crippen LogP contribution in [-0.4, -0.2) is 23.9 Å². The maximum atomic E-state index is 13.1. The number of rotatable bonds is 4. The molecular formula is C20H20F4N2O. The van der Waals surface area contributed by atoms with Crippen LogP contribution in [0.2, 0.25) is 0 Å². The zero-order chi connectivity index (χ0) is 19.4. The molecule has 0 bridgehead atoms. The van der Waals surface area contributed by atoms with Crippen molar-refractivity contribution in [3.05, 3.63) is 65.5 Å². The van der Waals surface area contributed by atoms with Gasteiger partial charge in [-0.05, 0) is 49.2 Å². The predicted octanol–water partition coefficient (Wildman–Crippen LogP) is 4.70. The Morgan fingerprint density at radius 2 is 1.81 bits per heavy atom. The fourth-order valence-electron chi connectivity index (χ4n) is 3.34. The molecule has 1 amide bonds. The standard InChI is InChI=1S/C20H20F4N2O/c21-16-9-7-14(8-10-16)12-26-11-3-4-15(13-26)19(27)25-18-6-2-1-5-17(18)20(22,23)24/h1-2,5-10,15H,3-4,11-13H2,(H,25,27)/t15-/m1/s1. The highest BCUT2D eigenvalue weighted by Crippen LogP contribution is 2.35. The lowest BCUT2D eigenvalue weighted by molar-refractivity contribution is -0.137. The van der Waals surface area contributed by atoms with Gasteiger partial charge in [-0.3, -0.25) is 9.69 Å². The van der Waals surface area contributed by atoms with E-state index in [9.17, 15) is 22.4 Å². The summed E-state index contributed by atoms with van der Waals surface area (Å²) in [4.78, 5) is 14.6. The number of carbonyl (C=O) groups excluding carboxylic acids is 1. The summed E-state index contributed by atoms with van der Waals surface area (Å²) in [6, 6.07) is 11.1. The molecule has 3 rings (SSSR count). The van der Waals surface area contributed by atoms with Gasteiger partial charge in [-0.2, -0.15) is 13.2 Å². The zero-order valence-electron chi connectivity index (χ0n) is 14.6. The van der Waals surface area contributed by atoms with Crippen LogP contribution in [-0.2, 0) is 17.5 Å². The Hall–Kier alpha value is -2.41. The first-order valence-electron chi connectivity index (χ1n) is 8.77. The van der Waals surface area contributed by atoms with E-state index in [0.717, 1.165) is 24.6 Å². The highest BCUT2D eigenvalue weighted by Gasteiger charge is 2.34. The maximum Gasteiger partial charge on any atom is 0.418 e. The molecule has 1 aliphatic rings. The molecule has 1 N–H and O–H groups in total. The third-order valence-corrected chi connectivity index (χ3v) is 4.69. The highest BCUT2D eigenvalue weighted by atomic mass is 19.4. The molecule has 1 saturated heterocycles. The van der Waals surface area contributed by atoms with E-state index < -0.39 is 17.6 Å². The van der Waals surface area contributed by atoms with Crippen molar-refractivity contribution in [3.8, 4) is 0 Å². The molecule has 0 radical (unpaired) electrons. The molecule has 27 heavy (non-hydrogen) atoms. The average molecular weight is 380 g/mol. The van der Waals surface area contributed by atoms with Crippen molar-refractivity contribution in [3.63, 3.8) is 0 Å². The molecule has 3 nitrogen and oxygen atoms in total. The van der Waals surface area contributed by atoms with Crippen LogP contribution in [0.1, 0.15) is 24.0 Å². The summed E-state index contributed by atoms with van der Waals surface area (Å²) in [5, 5.41) is 2.44. The molecule has 0 spiro atoms. The second kappa shape index (κ2) is 8.08. The normalized spacial score (nSPS) is 18.3. The minimum Gasteiger partial charge on any atom is -0.325 e. The Balaban J connectivity index is 1.64. The summed E-state index contributed by atoms with van der Waals surface area (Å²) < 4.78 is 52.3. The third-order valence-electron chi connectivity index (χ3n) is 4.69. The summed E-state index contributed by atoms with van der Waals surface area (Å²) in [5.41, 5.74) is -0.136. The van der Waals surface area contributed by atoms with Crippen molar-refractivity contribution in [2.75, 3.05) is 18.4 Å². The van der Waals surface area contributed by atoms with Crippen LogP contribution >= 0.6 is 0 Å². The molecular weight excluding hydrogens is 360 g/mol. The van der Waals surface area contributed by atoms with Crippen molar-refractivity contribution in [2.24, 2.45) is 5.92 Å². The second-order valence-electron chi connectivity index (χ2n) is 6.73. The van der Waals surface area contributed by atoms with E-state index >= 15 is 0 Å². The van der Waals surface area contributed by atoms with Crippen LogP contribution in [0.25, 0.3) is 0 Å². The van der Waals surface area contributed by atoms with Gasteiger partial charge in [0.25, 0.3) is 0 Å². The Bertz CT molecular complexity index is 789. The molecule has 0 aromatic heterocycles. The van der Waals surface area contributed by atoms with Gasteiger partial charge < -0.3 is 5.32 Å². The van der Waals surface area contributed by atoms with Crippen molar-refractivity contribution in [1.29, 1.82) is 0 Å². The molecule has 2 aromatic carbocycles. The van der Waals surface area contributed by atoms with Crippen LogP contribution in [0.3, 0.4) is 0 Å². The number of para-hydroxylation sites is 1. The number of nitrogens with zero attached hydrogens (tertiary/aromatic N) is 1. The van der Waals surface area contributed by atoms with Gasteiger partial charge in [-0.15, -0.1) is 0 Å². The molecule has 2 aromatic rings. The summed E-state index contributed by atoms with van der Waals surface area (Å²) in [7, 11) is 0. The number of hydrogen-bond donors (Lipinski definition) is 1. The first-order valence-corrected chi connectivity index (χ1v) is 8.77. The van der Waals surface area contributed by atoms with Gasteiger partial charge >= 0.3 is 6.18 Å². The third kappa shape index (κ3) is 5.07. The Labute approximate surface area is 155 Å². The number of alkyl halides is 3. The first-order chi connectivity index (χ1) is 12.8. The lowest BCUT2D eigenvalue weighted by Crippen LogP contribution is -2.40. The quantitative estimate of drug-likeness (QED) is 0.780. The van der Waals surface area contributed by atoms with Gasteiger partial charge in [0, 0.05) is 13.1 Å². The highest BCUT2D eigenvalue weighted by molar-refractivity contribution is 5.93. The Morgan fingerprint density at radius 1 is 1.11 bits per heavy atom. The molecule has 144 valence electrons. The van der Waals surface area contributed by atoms with E-state index in [1.807, 2.05) is 0 Å². The maximum absolute atomic E-state index is 13.1. The number of hydrogen-bond acceptors (Lipinski definition) is 2. The van der Waals surface area contributed by atoms with Gasteiger partial charge in [-0.25, -0.2) is 4.39 Å². The van der Waals surface area contributed by atoms with Crippen molar-refractivity contribution >= 4 is 11.6 Å². The van der Waals surface area contributed by atoms with E-state index in [2.05, 4.69) is 10.2 Å². The van der Waals surface area contributed by atoms with Crippen molar-refractivity contribution < 1.29 is 22.4 Å². The lowest BCUT2D eigenvalue weighted by Gasteiger charge is -2.32. The minimum absolute atomic E-state index is 0.217. The fraction of sp³-hybridized carbons (Fsp3) is 0.350. The van der Waals surface area contributed by atoms with E-state index in [1.54, 1.807) is 12.1 Å². The number of piperidine rings is 1. The van der Waals surface area contributed by atoms with Crippen molar-refractivity contribution in [2.45, 2.75) is 25.6 Å². The molecule has 0 unspecified atom stereocenters. The molecule has 1 heterocycles. The second-order valence-corrected chi connectivity index (χ2v) is 6.73. The topological polar surface area (TPSA) is 32.3 Å². The van der Waals surface area contributed by atoms with Crippen molar-refractivity contribution in [1.82, 2.24) is 4.90 Å². The zero-order valence-corrected chi connectivity index (χ0v) is 14.6. The molecule has 0 saturated carbocycles. The smallest absolute Gasteiger partial charge is 0.325 e. The van der Waals surface area contributed by atoms with Crippen LogP contribution in [0.4, 0.5) is 23.2 Å². The summed E-state index contributed by atoms with van der Waals surface area (Å²) in [6.45, 7) is 1.82. The molecule has 1 fully saturated rings. The monoisotopic (exact) mass is 380 g/mol. The van der Waals surface area contributed by atoms with Gasteiger partial charge in [-0.1, -0.05) is 24.3 Å². The van der Waals surface area contributed by atoms with Gasteiger partial charge in [0.1, 0.15) is 5.82 Å². The van der Waals surface area contributed by atoms with Crippen LogP contribution < -0.4 is 5.32 Å². The summed E-state index contributed by atoms with van der Waals surface area (Å²) in [6.07, 6.45) is -3.12. The number of halogens is 4. The molecule has 1 aliphatic heterocycles. The van der Waals surface area contributed by atoms with Crippen LogP contribution in [0, 0.1) is 11.7 Å². The fourth-order valence-corrected chi connectivity index (χ4v) is 3.34. The predicted molar refractivity (Wildman–Crippen MR) is 94.5 cm³/mol. The number of anilines is 1. The first kappa shape index (κ1) is 19.4. The van der Waals surface area contributed by atoms with E-state index in [4.69, 9.17) is 0 Å². The summed E-state index contributed by atoms with van der Waals surface area (Å²) >= 11 is 0. The number of carbonyl (C=O) groups is 1.